The second-order valence-electron chi connectivity index (χ2n) is 2.53. The molecule has 1 aromatic rings. The molecule has 0 spiro atoms. The number of rotatable bonds is 4. The van der Waals surface area contributed by atoms with Gasteiger partial charge in [0.15, 0.2) is 0 Å². The van der Waals surface area contributed by atoms with Crippen LogP contribution in [0.25, 0.3) is 0 Å². The molecule has 0 aliphatic carbocycles. The minimum atomic E-state index is -1.46. The second-order valence-corrected chi connectivity index (χ2v) is 2.53. The average molecular weight is 214 g/mol. The van der Waals surface area contributed by atoms with Gasteiger partial charge in [0.2, 0.25) is 5.82 Å². The molecule has 6 nitrogen and oxygen atoms in total. The number of aliphatic carboxylic acids is 1. The third kappa shape index (κ3) is 2.90. The Bertz CT molecular complexity index is 406. The highest BCUT2D eigenvalue weighted by atomic mass is 19.1. The molecule has 7 heteroatoms. The van der Waals surface area contributed by atoms with Gasteiger partial charge in [-0.15, -0.1) is 0 Å². The highest BCUT2D eigenvalue weighted by Gasteiger charge is 2.13. The van der Waals surface area contributed by atoms with E-state index in [0.29, 0.717) is 0 Å². The number of hydrogen-bond donors (Lipinski definition) is 0. The molecular formula is C8H5FNO5-. The Labute approximate surface area is 83.0 Å². The van der Waals surface area contributed by atoms with Crippen molar-refractivity contribution in [1.82, 2.24) is 0 Å². The predicted molar refractivity (Wildman–Crippen MR) is 43.6 cm³/mol. The summed E-state index contributed by atoms with van der Waals surface area (Å²) in [4.78, 5) is 19.3. The van der Waals surface area contributed by atoms with Gasteiger partial charge in [0.25, 0.3) is 0 Å². The fourth-order valence-corrected chi connectivity index (χ4v) is 0.868. The molecule has 80 valence electrons. The smallest absolute Gasteiger partial charge is 0.305 e. The summed E-state index contributed by atoms with van der Waals surface area (Å²) >= 11 is 0. The number of nitro benzene ring substituents is 1. The molecule has 0 bridgehead atoms. The fourth-order valence-electron chi connectivity index (χ4n) is 0.868. The van der Waals surface area contributed by atoms with Gasteiger partial charge in [0.1, 0.15) is 12.4 Å². The van der Waals surface area contributed by atoms with Gasteiger partial charge < -0.3 is 14.6 Å². The summed E-state index contributed by atoms with van der Waals surface area (Å²) in [7, 11) is 0. The van der Waals surface area contributed by atoms with Gasteiger partial charge in [-0.25, -0.2) is 0 Å². The zero-order valence-electron chi connectivity index (χ0n) is 7.31. The molecule has 0 aliphatic heterocycles. The minimum absolute atomic E-state index is 0.109. The quantitative estimate of drug-likeness (QED) is 0.513. The lowest BCUT2D eigenvalue weighted by atomic mass is 10.3. The Morgan fingerprint density at radius 2 is 2.20 bits per heavy atom. The number of carbonyl (C=O) groups excluding carboxylic acids is 1. The third-order valence-corrected chi connectivity index (χ3v) is 1.47. The predicted octanol–water partition coefficient (Wildman–Crippen LogP) is -0.137. The molecular weight excluding hydrogens is 209 g/mol. The molecule has 0 aliphatic rings. The van der Waals surface area contributed by atoms with E-state index in [1.807, 2.05) is 0 Å². The van der Waals surface area contributed by atoms with E-state index in [1.165, 1.54) is 0 Å². The molecule has 0 amide bonds. The number of halogens is 1. The number of hydrogen-bond acceptors (Lipinski definition) is 5. The van der Waals surface area contributed by atoms with Gasteiger partial charge in [-0.05, 0) is 6.07 Å². The maximum atomic E-state index is 12.9. The average Bonchev–Trinajstić information content (AvgIpc) is 2.14. The summed E-state index contributed by atoms with van der Waals surface area (Å²) in [6, 6.07) is 2.73. The first-order valence-electron chi connectivity index (χ1n) is 3.77. The molecule has 0 saturated heterocycles. The van der Waals surface area contributed by atoms with Crippen molar-refractivity contribution in [3.63, 3.8) is 0 Å². The van der Waals surface area contributed by atoms with Crippen LogP contribution in [0.3, 0.4) is 0 Å². The van der Waals surface area contributed by atoms with Crippen LogP contribution in [0.4, 0.5) is 10.1 Å². The molecule has 0 fully saturated rings. The van der Waals surface area contributed by atoms with Crippen molar-refractivity contribution < 1.29 is 24.0 Å². The molecule has 15 heavy (non-hydrogen) atoms. The van der Waals surface area contributed by atoms with E-state index in [1.54, 1.807) is 0 Å². The van der Waals surface area contributed by atoms with Gasteiger partial charge in [0, 0.05) is 12.1 Å². The summed E-state index contributed by atoms with van der Waals surface area (Å²) in [6.07, 6.45) is 0. The molecule has 0 heterocycles. The van der Waals surface area contributed by atoms with Crippen LogP contribution in [-0.4, -0.2) is 17.5 Å². The molecule has 0 N–H and O–H groups in total. The molecule has 0 unspecified atom stereocenters. The van der Waals surface area contributed by atoms with Crippen LogP contribution >= 0.6 is 0 Å². The number of carboxylic acid groups (broad SMARTS) is 1. The molecule has 0 radical (unpaired) electrons. The van der Waals surface area contributed by atoms with E-state index in [2.05, 4.69) is 4.74 Å². The SMILES string of the molecule is O=C([O-])COc1ccc([N+](=O)[O-])c(F)c1. The highest BCUT2D eigenvalue weighted by molar-refractivity contribution is 5.66. The molecule has 1 rings (SSSR count). The summed E-state index contributed by atoms with van der Waals surface area (Å²) in [5.41, 5.74) is -0.698. The number of carbonyl (C=O) groups is 1. The van der Waals surface area contributed by atoms with Crippen LogP contribution in [0.15, 0.2) is 18.2 Å². The maximum absolute atomic E-state index is 12.9. The van der Waals surface area contributed by atoms with E-state index in [0.717, 1.165) is 18.2 Å². The monoisotopic (exact) mass is 214 g/mol. The number of ether oxygens (including phenoxy) is 1. The largest absolute Gasteiger partial charge is 0.546 e. The number of nitro groups is 1. The van der Waals surface area contributed by atoms with Crippen LogP contribution in [-0.2, 0) is 4.79 Å². The van der Waals surface area contributed by atoms with E-state index in [4.69, 9.17) is 0 Å². The van der Waals surface area contributed by atoms with E-state index in [-0.39, 0.29) is 5.75 Å². The Balaban J connectivity index is 2.82. The highest BCUT2D eigenvalue weighted by Crippen LogP contribution is 2.21. The van der Waals surface area contributed by atoms with Gasteiger partial charge >= 0.3 is 5.69 Å². The Kier molecular flexibility index (Phi) is 3.17. The first-order chi connectivity index (χ1) is 7.00. The molecule has 1 aromatic carbocycles. The zero-order chi connectivity index (χ0) is 11.4. The van der Waals surface area contributed by atoms with Crippen LogP contribution in [0.1, 0.15) is 0 Å². The standard InChI is InChI=1S/C8H6FNO5/c9-6-3-5(15-4-8(11)12)1-2-7(6)10(13)14/h1-3H,4H2,(H,11,12)/p-1. The number of benzene rings is 1. The van der Waals surface area contributed by atoms with Crippen LogP contribution < -0.4 is 9.84 Å². The Hall–Kier alpha value is -2.18. The maximum Gasteiger partial charge on any atom is 0.305 e. The lowest BCUT2D eigenvalue weighted by Crippen LogP contribution is -2.28. The van der Waals surface area contributed by atoms with Gasteiger partial charge in [-0.1, -0.05) is 0 Å². The molecule has 0 atom stereocenters. The van der Waals surface area contributed by atoms with Gasteiger partial charge in [0.05, 0.1) is 10.9 Å². The summed E-state index contributed by atoms with van der Waals surface area (Å²) in [5, 5.41) is 20.2. The normalized spacial score (nSPS) is 9.67. The van der Waals surface area contributed by atoms with Crippen molar-refractivity contribution in [2.45, 2.75) is 0 Å². The minimum Gasteiger partial charge on any atom is -0.546 e. The Morgan fingerprint density at radius 3 is 2.67 bits per heavy atom. The van der Waals surface area contributed by atoms with Crippen molar-refractivity contribution in [2.24, 2.45) is 0 Å². The van der Waals surface area contributed by atoms with Crippen molar-refractivity contribution in [3.8, 4) is 5.75 Å². The van der Waals surface area contributed by atoms with Crippen LogP contribution in [0.2, 0.25) is 0 Å². The van der Waals surface area contributed by atoms with Crippen LogP contribution in [0, 0.1) is 15.9 Å². The first-order valence-corrected chi connectivity index (χ1v) is 3.77. The zero-order valence-corrected chi connectivity index (χ0v) is 7.31. The molecule has 0 saturated carbocycles. The lowest BCUT2D eigenvalue weighted by Gasteiger charge is -2.06. The van der Waals surface area contributed by atoms with Crippen molar-refractivity contribution >= 4 is 11.7 Å². The lowest BCUT2D eigenvalue weighted by molar-refractivity contribution is -0.387. The Morgan fingerprint density at radius 1 is 1.53 bits per heavy atom. The van der Waals surface area contributed by atoms with Gasteiger partial charge in [-0.3, -0.25) is 10.1 Å². The van der Waals surface area contributed by atoms with E-state index < -0.39 is 29.0 Å². The first kappa shape index (κ1) is 10.9. The fraction of sp³-hybridized carbons (Fsp3) is 0.125. The van der Waals surface area contributed by atoms with Crippen molar-refractivity contribution in [1.29, 1.82) is 0 Å². The topological polar surface area (TPSA) is 92.5 Å². The van der Waals surface area contributed by atoms with E-state index in [9.17, 15) is 24.4 Å². The number of nitrogens with zero attached hydrogens (tertiary/aromatic N) is 1. The van der Waals surface area contributed by atoms with E-state index >= 15 is 0 Å². The molecule has 0 aromatic heterocycles. The van der Waals surface area contributed by atoms with Crippen molar-refractivity contribution in [3.05, 3.63) is 34.1 Å². The second kappa shape index (κ2) is 4.36. The van der Waals surface area contributed by atoms with Crippen LogP contribution in [0.5, 0.6) is 5.75 Å². The number of carboxylic acids is 1. The summed E-state index contributed by atoms with van der Waals surface area (Å²) in [5.74, 6) is -2.66. The van der Waals surface area contributed by atoms with Crippen molar-refractivity contribution in [2.75, 3.05) is 6.61 Å². The summed E-state index contributed by atoms with van der Waals surface area (Å²) in [6.45, 7) is -0.739. The third-order valence-electron chi connectivity index (χ3n) is 1.47. The summed E-state index contributed by atoms with van der Waals surface area (Å²) < 4.78 is 17.5. The van der Waals surface area contributed by atoms with Gasteiger partial charge in [-0.2, -0.15) is 4.39 Å².